The highest BCUT2D eigenvalue weighted by molar-refractivity contribution is 5.55. The molecule has 104 valence electrons. The third-order valence-electron chi connectivity index (χ3n) is 3.97. The number of morpholine rings is 1. The number of anilines is 2. The predicted molar refractivity (Wildman–Crippen MR) is 76.9 cm³/mol. The van der Waals surface area contributed by atoms with Crippen LogP contribution in [0.1, 0.15) is 13.3 Å². The van der Waals surface area contributed by atoms with E-state index in [2.05, 4.69) is 41.4 Å². The number of hydrogen-bond donors (Lipinski definition) is 1. The summed E-state index contributed by atoms with van der Waals surface area (Å²) in [6.07, 6.45) is 1.39. The van der Waals surface area contributed by atoms with E-state index >= 15 is 0 Å². The van der Waals surface area contributed by atoms with Gasteiger partial charge in [-0.05, 0) is 37.6 Å². The monoisotopic (exact) mass is 262 g/mol. The van der Waals surface area contributed by atoms with Crippen molar-refractivity contribution in [1.29, 1.82) is 0 Å². The van der Waals surface area contributed by atoms with Gasteiger partial charge < -0.3 is 19.7 Å². The lowest BCUT2D eigenvalue weighted by molar-refractivity contribution is 0.121. The molecule has 0 bridgehead atoms. The van der Waals surface area contributed by atoms with Crippen molar-refractivity contribution in [1.82, 2.24) is 0 Å². The van der Waals surface area contributed by atoms with Gasteiger partial charge in [0.25, 0.3) is 0 Å². The van der Waals surface area contributed by atoms with Gasteiger partial charge in [0.05, 0.1) is 25.4 Å². The lowest BCUT2D eigenvalue weighted by Gasteiger charge is -2.29. The highest BCUT2D eigenvalue weighted by atomic mass is 16.5. The first-order valence-electron chi connectivity index (χ1n) is 7.14. The molecular formula is C15H22N2O2. The Labute approximate surface area is 114 Å². The average Bonchev–Trinajstić information content (AvgIpc) is 2.86. The molecule has 2 fully saturated rings. The first kappa shape index (κ1) is 12.8. The Morgan fingerprint density at radius 1 is 1.11 bits per heavy atom. The summed E-state index contributed by atoms with van der Waals surface area (Å²) in [5.74, 6) is 0. The van der Waals surface area contributed by atoms with E-state index in [1.807, 2.05) is 0 Å². The molecule has 2 aliphatic rings. The summed E-state index contributed by atoms with van der Waals surface area (Å²) in [5.41, 5.74) is 2.46. The summed E-state index contributed by atoms with van der Waals surface area (Å²) in [5, 5.41) is 3.55. The Morgan fingerprint density at radius 2 is 1.84 bits per heavy atom. The van der Waals surface area contributed by atoms with Crippen LogP contribution in [0.25, 0.3) is 0 Å². The average molecular weight is 262 g/mol. The Bertz CT molecular complexity index is 401. The van der Waals surface area contributed by atoms with E-state index in [0.717, 1.165) is 39.3 Å². The lowest BCUT2D eigenvalue weighted by atomic mass is 10.1. The van der Waals surface area contributed by atoms with Gasteiger partial charge in [-0.2, -0.15) is 0 Å². The second kappa shape index (κ2) is 5.80. The molecule has 3 rings (SSSR count). The van der Waals surface area contributed by atoms with Gasteiger partial charge in [0.2, 0.25) is 0 Å². The third-order valence-corrected chi connectivity index (χ3v) is 3.97. The van der Waals surface area contributed by atoms with Crippen LogP contribution in [0.5, 0.6) is 0 Å². The summed E-state index contributed by atoms with van der Waals surface area (Å²) in [6.45, 7) is 6.63. The van der Waals surface area contributed by atoms with Crippen LogP contribution < -0.4 is 10.2 Å². The van der Waals surface area contributed by atoms with E-state index in [0.29, 0.717) is 12.1 Å². The molecule has 0 aromatic heterocycles. The standard InChI is InChI=1S/C15H22N2O2/c1-12-15(6-9-19-12)16-13-2-4-14(5-3-13)17-7-10-18-11-8-17/h2-5,12,15-16H,6-11H2,1H3. The van der Waals surface area contributed by atoms with Crippen LogP contribution in [-0.4, -0.2) is 45.1 Å². The van der Waals surface area contributed by atoms with Gasteiger partial charge in [0, 0.05) is 31.1 Å². The van der Waals surface area contributed by atoms with E-state index < -0.39 is 0 Å². The smallest absolute Gasteiger partial charge is 0.0748 e. The van der Waals surface area contributed by atoms with Crippen LogP contribution in [0.15, 0.2) is 24.3 Å². The molecule has 19 heavy (non-hydrogen) atoms. The number of nitrogens with zero attached hydrogens (tertiary/aromatic N) is 1. The molecule has 0 radical (unpaired) electrons. The molecule has 0 saturated carbocycles. The molecule has 4 heteroatoms. The van der Waals surface area contributed by atoms with E-state index in [9.17, 15) is 0 Å². The highest BCUT2D eigenvalue weighted by Gasteiger charge is 2.23. The maximum atomic E-state index is 5.57. The second-order valence-electron chi connectivity index (χ2n) is 5.26. The molecule has 2 aliphatic heterocycles. The molecule has 0 amide bonds. The molecule has 4 nitrogen and oxygen atoms in total. The minimum absolute atomic E-state index is 0.305. The summed E-state index contributed by atoms with van der Waals surface area (Å²) < 4.78 is 10.9. The predicted octanol–water partition coefficient (Wildman–Crippen LogP) is 2.11. The van der Waals surface area contributed by atoms with Crippen molar-refractivity contribution < 1.29 is 9.47 Å². The van der Waals surface area contributed by atoms with Crippen LogP contribution in [0, 0.1) is 0 Å². The number of ether oxygens (including phenoxy) is 2. The normalized spacial score (nSPS) is 27.5. The van der Waals surface area contributed by atoms with Gasteiger partial charge in [-0.25, -0.2) is 0 Å². The Balaban J connectivity index is 1.61. The number of benzene rings is 1. The zero-order valence-electron chi connectivity index (χ0n) is 11.5. The molecular weight excluding hydrogens is 240 g/mol. The number of rotatable bonds is 3. The van der Waals surface area contributed by atoms with Crippen LogP contribution in [-0.2, 0) is 9.47 Å². The van der Waals surface area contributed by atoms with Crippen molar-refractivity contribution in [3.05, 3.63) is 24.3 Å². The fraction of sp³-hybridized carbons (Fsp3) is 0.600. The minimum Gasteiger partial charge on any atom is -0.380 e. The lowest BCUT2D eigenvalue weighted by Crippen LogP contribution is -2.36. The largest absolute Gasteiger partial charge is 0.380 e. The molecule has 1 aromatic carbocycles. The van der Waals surface area contributed by atoms with Crippen LogP contribution in [0.4, 0.5) is 11.4 Å². The Kier molecular flexibility index (Phi) is 3.89. The van der Waals surface area contributed by atoms with Gasteiger partial charge in [-0.15, -0.1) is 0 Å². The fourth-order valence-corrected chi connectivity index (χ4v) is 2.73. The van der Waals surface area contributed by atoms with Crippen LogP contribution >= 0.6 is 0 Å². The molecule has 1 aromatic rings. The van der Waals surface area contributed by atoms with Gasteiger partial charge >= 0.3 is 0 Å². The molecule has 2 atom stereocenters. The zero-order valence-corrected chi connectivity index (χ0v) is 11.5. The first-order valence-corrected chi connectivity index (χ1v) is 7.14. The van der Waals surface area contributed by atoms with Crippen molar-refractivity contribution in [3.8, 4) is 0 Å². The summed E-state index contributed by atoms with van der Waals surface area (Å²) in [7, 11) is 0. The third kappa shape index (κ3) is 3.01. The topological polar surface area (TPSA) is 33.7 Å². The van der Waals surface area contributed by atoms with E-state index in [-0.39, 0.29) is 0 Å². The second-order valence-corrected chi connectivity index (χ2v) is 5.26. The molecule has 1 N–H and O–H groups in total. The van der Waals surface area contributed by atoms with Gasteiger partial charge in [0.15, 0.2) is 0 Å². The van der Waals surface area contributed by atoms with Crippen molar-refractivity contribution in [2.45, 2.75) is 25.5 Å². The molecule has 0 spiro atoms. The quantitative estimate of drug-likeness (QED) is 0.904. The molecule has 2 saturated heterocycles. The van der Waals surface area contributed by atoms with Gasteiger partial charge in [-0.1, -0.05) is 0 Å². The SMILES string of the molecule is CC1OCCC1Nc1ccc(N2CCOCC2)cc1. The highest BCUT2D eigenvalue weighted by Crippen LogP contribution is 2.22. The molecule has 0 aliphatic carbocycles. The summed E-state index contributed by atoms with van der Waals surface area (Å²) >= 11 is 0. The maximum Gasteiger partial charge on any atom is 0.0748 e. The van der Waals surface area contributed by atoms with Crippen LogP contribution in [0.2, 0.25) is 0 Å². The van der Waals surface area contributed by atoms with E-state index in [1.165, 1.54) is 11.4 Å². The van der Waals surface area contributed by atoms with Crippen molar-refractivity contribution in [3.63, 3.8) is 0 Å². The van der Waals surface area contributed by atoms with E-state index in [1.54, 1.807) is 0 Å². The molecule has 2 heterocycles. The van der Waals surface area contributed by atoms with Crippen molar-refractivity contribution >= 4 is 11.4 Å². The number of hydrogen-bond acceptors (Lipinski definition) is 4. The summed E-state index contributed by atoms with van der Waals surface area (Å²) in [4.78, 5) is 2.37. The van der Waals surface area contributed by atoms with E-state index in [4.69, 9.17) is 9.47 Å². The van der Waals surface area contributed by atoms with Crippen molar-refractivity contribution in [2.24, 2.45) is 0 Å². The fourth-order valence-electron chi connectivity index (χ4n) is 2.73. The Morgan fingerprint density at radius 3 is 2.47 bits per heavy atom. The van der Waals surface area contributed by atoms with Gasteiger partial charge in [-0.3, -0.25) is 0 Å². The minimum atomic E-state index is 0.305. The zero-order chi connectivity index (χ0) is 13.1. The Hall–Kier alpha value is -1.26. The van der Waals surface area contributed by atoms with Gasteiger partial charge in [0.1, 0.15) is 0 Å². The van der Waals surface area contributed by atoms with Crippen LogP contribution in [0.3, 0.4) is 0 Å². The first-order chi connectivity index (χ1) is 9.33. The maximum absolute atomic E-state index is 5.57. The number of nitrogens with one attached hydrogen (secondary N) is 1. The van der Waals surface area contributed by atoms with Crippen molar-refractivity contribution in [2.75, 3.05) is 43.1 Å². The molecule has 2 unspecified atom stereocenters. The summed E-state index contributed by atoms with van der Waals surface area (Å²) in [6, 6.07) is 9.14.